The molecule has 5 nitrogen and oxygen atoms in total. The fourth-order valence-electron chi connectivity index (χ4n) is 3.86. The minimum Gasteiger partial charge on any atom is -0.496 e. The summed E-state index contributed by atoms with van der Waals surface area (Å²) in [6.45, 7) is 4.06. The fourth-order valence-corrected chi connectivity index (χ4v) is 3.86. The summed E-state index contributed by atoms with van der Waals surface area (Å²) in [6.07, 6.45) is 4.23. The lowest BCUT2D eigenvalue weighted by Gasteiger charge is -2.24. The number of hydrogen-bond acceptors (Lipinski definition) is 4. The highest BCUT2D eigenvalue weighted by molar-refractivity contribution is 5.82. The van der Waals surface area contributed by atoms with Gasteiger partial charge in [-0.3, -0.25) is 9.69 Å². The van der Waals surface area contributed by atoms with E-state index in [1.165, 1.54) is 17.5 Å². The number of fused-ring (bicyclic) bond motifs is 1. The van der Waals surface area contributed by atoms with E-state index in [9.17, 15) is 4.79 Å². The Balaban J connectivity index is 1.81. The zero-order chi connectivity index (χ0) is 16.4. The van der Waals surface area contributed by atoms with Crippen LogP contribution < -0.4 is 15.8 Å². The van der Waals surface area contributed by atoms with Crippen molar-refractivity contribution < 1.29 is 9.53 Å². The summed E-state index contributed by atoms with van der Waals surface area (Å²) in [4.78, 5) is 14.5. The van der Waals surface area contributed by atoms with Gasteiger partial charge in [0.05, 0.1) is 13.2 Å². The molecule has 0 bridgehead atoms. The Labute approximate surface area is 138 Å². The number of amides is 1. The molecule has 1 saturated heterocycles. The van der Waals surface area contributed by atoms with E-state index in [0.717, 1.165) is 37.1 Å². The third kappa shape index (κ3) is 3.35. The molecular weight excluding hydrogens is 290 g/mol. The Hall–Kier alpha value is -1.59. The number of likely N-dealkylation sites (tertiary alicyclic amines) is 1. The predicted octanol–water partition coefficient (Wildman–Crippen LogP) is 1.22. The van der Waals surface area contributed by atoms with E-state index in [4.69, 9.17) is 10.5 Å². The lowest BCUT2D eigenvalue weighted by atomic mass is 10.0. The van der Waals surface area contributed by atoms with E-state index in [-0.39, 0.29) is 18.0 Å². The van der Waals surface area contributed by atoms with Crippen LogP contribution in [0.15, 0.2) is 12.1 Å². The van der Waals surface area contributed by atoms with Crippen LogP contribution in [-0.2, 0) is 24.2 Å². The molecule has 1 aliphatic heterocycles. The van der Waals surface area contributed by atoms with Gasteiger partial charge in [-0.25, -0.2) is 0 Å². The molecule has 1 aliphatic carbocycles. The maximum Gasteiger partial charge on any atom is 0.237 e. The van der Waals surface area contributed by atoms with Gasteiger partial charge in [0.15, 0.2) is 0 Å². The first-order valence-electron chi connectivity index (χ1n) is 8.58. The summed E-state index contributed by atoms with van der Waals surface area (Å²) >= 11 is 0. The molecule has 1 fully saturated rings. The van der Waals surface area contributed by atoms with Gasteiger partial charge in [-0.05, 0) is 49.8 Å². The van der Waals surface area contributed by atoms with Crippen molar-refractivity contribution in [3.05, 3.63) is 28.8 Å². The number of benzene rings is 1. The molecular formula is C18H27N3O2. The molecule has 0 spiro atoms. The van der Waals surface area contributed by atoms with E-state index in [2.05, 4.69) is 22.3 Å². The molecule has 5 heteroatoms. The average molecular weight is 317 g/mol. The monoisotopic (exact) mass is 317 g/mol. The van der Waals surface area contributed by atoms with Crippen LogP contribution in [-0.4, -0.2) is 43.1 Å². The first kappa shape index (κ1) is 16.3. The topological polar surface area (TPSA) is 67.6 Å². The second-order valence-corrected chi connectivity index (χ2v) is 6.62. The van der Waals surface area contributed by atoms with Crippen LogP contribution in [0.25, 0.3) is 0 Å². The molecule has 1 heterocycles. The van der Waals surface area contributed by atoms with Crippen LogP contribution in [0, 0.1) is 0 Å². The van der Waals surface area contributed by atoms with Crippen molar-refractivity contribution in [3.63, 3.8) is 0 Å². The predicted molar refractivity (Wildman–Crippen MR) is 90.5 cm³/mol. The summed E-state index contributed by atoms with van der Waals surface area (Å²) in [5, 5.41) is 2.93. The molecule has 0 saturated carbocycles. The van der Waals surface area contributed by atoms with Crippen molar-refractivity contribution in [3.8, 4) is 5.75 Å². The summed E-state index contributed by atoms with van der Waals surface area (Å²) in [5.41, 5.74) is 10.1. The number of carbonyl (C=O) groups is 1. The molecule has 126 valence electrons. The van der Waals surface area contributed by atoms with Crippen molar-refractivity contribution >= 4 is 5.91 Å². The van der Waals surface area contributed by atoms with Crippen molar-refractivity contribution in [1.82, 2.24) is 10.2 Å². The van der Waals surface area contributed by atoms with Crippen molar-refractivity contribution in [2.24, 2.45) is 5.73 Å². The number of likely N-dealkylation sites (N-methyl/N-ethyl adjacent to an activating group) is 1. The Morgan fingerprint density at radius 3 is 2.83 bits per heavy atom. The standard InChI is InChI=1S/C18H27N3O2/c1-3-20-18(22)16-9-15(19)11-21(16)10-14-7-12-5-4-6-13(12)8-17(14)23-2/h7-8,15-16H,3-6,9-11,19H2,1-2H3,(H,20,22)/t15-,16-/m0/s1. The Morgan fingerprint density at radius 2 is 2.13 bits per heavy atom. The van der Waals surface area contributed by atoms with E-state index in [1.54, 1.807) is 7.11 Å². The molecule has 1 amide bonds. The summed E-state index contributed by atoms with van der Waals surface area (Å²) < 4.78 is 5.59. The van der Waals surface area contributed by atoms with Crippen LogP contribution in [0.2, 0.25) is 0 Å². The first-order chi connectivity index (χ1) is 11.1. The van der Waals surface area contributed by atoms with Crippen LogP contribution in [0.3, 0.4) is 0 Å². The van der Waals surface area contributed by atoms with Crippen molar-refractivity contribution in [1.29, 1.82) is 0 Å². The smallest absolute Gasteiger partial charge is 0.237 e. The van der Waals surface area contributed by atoms with Gasteiger partial charge in [0.2, 0.25) is 5.91 Å². The second-order valence-electron chi connectivity index (χ2n) is 6.62. The number of ether oxygens (including phenoxy) is 1. The largest absolute Gasteiger partial charge is 0.496 e. The molecule has 2 atom stereocenters. The number of hydrogen-bond donors (Lipinski definition) is 2. The minimum absolute atomic E-state index is 0.0584. The van der Waals surface area contributed by atoms with Crippen LogP contribution in [0.5, 0.6) is 5.75 Å². The number of methoxy groups -OCH3 is 1. The molecule has 1 aromatic carbocycles. The maximum absolute atomic E-state index is 12.3. The van der Waals surface area contributed by atoms with Gasteiger partial charge in [-0.2, -0.15) is 0 Å². The van der Waals surface area contributed by atoms with Gasteiger partial charge >= 0.3 is 0 Å². The van der Waals surface area contributed by atoms with Gasteiger partial charge in [0.1, 0.15) is 5.75 Å². The van der Waals surface area contributed by atoms with Crippen molar-refractivity contribution in [2.45, 2.75) is 51.2 Å². The minimum atomic E-state index is -0.136. The van der Waals surface area contributed by atoms with E-state index in [0.29, 0.717) is 13.1 Å². The Morgan fingerprint density at radius 1 is 1.39 bits per heavy atom. The first-order valence-corrected chi connectivity index (χ1v) is 8.58. The lowest BCUT2D eigenvalue weighted by molar-refractivity contribution is -0.125. The summed E-state index contributed by atoms with van der Waals surface area (Å²) in [6, 6.07) is 4.36. The molecule has 23 heavy (non-hydrogen) atoms. The fraction of sp³-hybridized carbons (Fsp3) is 0.611. The average Bonchev–Trinajstić information content (AvgIpc) is 3.12. The zero-order valence-corrected chi connectivity index (χ0v) is 14.1. The van der Waals surface area contributed by atoms with E-state index in [1.807, 2.05) is 6.92 Å². The SMILES string of the molecule is CCNC(=O)[C@@H]1C[C@H](N)CN1Cc1cc2c(cc1OC)CCC2. The molecule has 3 rings (SSSR count). The van der Waals surface area contributed by atoms with Gasteiger partial charge < -0.3 is 15.8 Å². The summed E-state index contributed by atoms with van der Waals surface area (Å²) in [5.74, 6) is 1.02. The molecule has 3 N–H and O–H groups in total. The van der Waals surface area contributed by atoms with Crippen LogP contribution in [0.1, 0.15) is 36.5 Å². The highest BCUT2D eigenvalue weighted by Crippen LogP contribution is 2.32. The van der Waals surface area contributed by atoms with Crippen LogP contribution in [0.4, 0.5) is 0 Å². The third-order valence-electron chi connectivity index (χ3n) is 4.96. The number of nitrogens with zero attached hydrogens (tertiary/aromatic N) is 1. The van der Waals surface area contributed by atoms with Gasteiger partial charge in [0.25, 0.3) is 0 Å². The second kappa shape index (κ2) is 6.89. The van der Waals surface area contributed by atoms with Gasteiger partial charge in [0, 0.05) is 31.2 Å². The molecule has 2 aliphatic rings. The van der Waals surface area contributed by atoms with Crippen LogP contribution >= 0.6 is 0 Å². The molecule has 1 aromatic rings. The molecule has 0 aromatic heterocycles. The van der Waals surface area contributed by atoms with E-state index >= 15 is 0 Å². The normalized spacial score (nSPS) is 23.8. The highest BCUT2D eigenvalue weighted by Gasteiger charge is 2.35. The van der Waals surface area contributed by atoms with Gasteiger partial charge in [-0.15, -0.1) is 0 Å². The summed E-state index contributed by atoms with van der Waals surface area (Å²) in [7, 11) is 1.72. The molecule has 0 radical (unpaired) electrons. The quantitative estimate of drug-likeness (QED) is 0.857. The number of nitrogens with two attached hydrogens (primary N) is 1. The number of aryl methyl sites for hydroxylation is 2. The number of rotatable bonds is 5. The zero-order valence-electron chi connectivity index (χ0n) is 14.1. The number of carbonyl (C=O) groups excluding carboxylic acids is 1. The highest BCUT2D eigenvalue weighted by atomic mass is 16.5. The maximum atomic E-state index is 12.3. The van der Waals surface area contributed by atoms with E-state index < -0.39 is 0 Å². The Kier molecular flexibility index (Phi) is 4.87. The van der Waals surface area contributed by atoms with Gasteiger partial charge in [-0.1, -0.05) is 6.07 Å². The lowest BCUT2D eigenvalue weighted by Crippen LogP contribution is -2.42. The van der Waals surface area contributed by atoms with Crippen molar-refractivity contribution in [2.75, 3.05) is 20.2 Å². The Bertz CT molecular complexity index is 588. The molecule has 0 unspecified atom stereocenters. The number of nitrogens with one attached hydrogen (secondary N) is 1. The third-order valence-corrected chi connectivity index (χ3v) is 4.96.